The summed E-state index contributed by atoms with van der Waals surface area (Å²) in [6.07, 6.45) is 0. The number of hydrogen-bond donors (Lipinski definition) is 2. The predicted molar refractivity (Wildman–Crippen MR) is 109 cm³/mol. The molecule has 0 aliphatic heterocycles. The van der Waals surface area contributed by atoms with Crippen LogP contribution < -0.4 is 20.3 Å². The molecule has 0 aromatic heterocycles. The molecule has 0 heterocycles. The van der Waals surface area contributed by atoms with Crippen molar-refractivity contribution in [3.8, 4) is 11.5 Å². The lowest BCUT2D eigenvalue weighted by Gasteiger charge is -2.13. The summed E-state index contributed by atoms with van der Waals surface area (Å²) < 4.78 is 16.7. The van der Waals surface area contributed by atoms with Gasteiger partial charge < -0.3 is 14.2 Å². The third-order valence-electron chi connectivity index (χ3n) is 3.74. The largest absolute Gasteiger partial charge is 0.490 e. The molecule has 0 bridgehead atoms. The van der Waals surface area contributed by atoms with Gasteiger partial charge in [-0.15, -0.1) is 0 Å². The van der Waals surface area contributed by atoms with Crippen LogP contribution in [0.4, 0.5) is 0 Å². The Labute approximate surface area is 172 Å². The summed E-state index contributed by atoms with van der Waals surface area (Å²) >= 11 is 3.32. The van der Waals surface area contributed by atoms with Gasteiger partial charge in [0.05, 0.1) is 12.2 Å². The van der Waals surface area contributed by atoms with Gasteiger partial charge in [0.15, 0.2) is 6.61 Å². The summed E-state index contributed by atoms with van der Waals surface area (Å²) in [6.45, 7) is 4.35. The normalized spacial score (nSPS) is 10.3. The summed E-state index contributed by atoms with van der Waals surface area (Å²) in [5.74, 6) is 0.0187. The van der Waals surface area contributed by atoms with Crippen LogP contribution in [-0.4, -0.2) is 38.7 Å². The minimum atomic E-state index is -0.506. The van der Waals surface area contributed by atoms with Gasteiger partial charge in [0.2, 0.25) is 0 Å². The summed E-state index contributed by atoms with van der Waals surface area (Å²) in [5.41, 5.74) is 7.03. The molecule has 28 heavy (non-hydrogen) atoms. The molecule has 0 saturated carbocycles. The Kier molecular flexibility index (Phi) is 8.28. The SMILES string of the molecule is COCCOc1ccc(Br)cc1C(=O)NNC(=O)COc1ccc(C)cc1C. The van der Waals surface area contributed by atoms with Gasteiger partial charge in [-0.05, 0) is 43.7 Å². The van der Waals surface area contributed by atoms with Gasteiger partial charge in [-0.2, -0.15) is 0 Å². The molecule has 0 aliphatic carbocycles. The van der Waals surface area contributed by atoms with E-state index in [0.29, 0.717) is 29.2 Å². The Morgan fingerprint density at radius 2 is 1.71 bits per heavy atom. The van der Waals surface area contributed by atoms with Crippen molar-refractivity contribution in [3.63, 3.8) is 0 Å². The molecule has 2 N–H and O–H groups in total. The number of ether oxygens (including phenoxy) is 3. The molecule has 8 heteroatoms. The van der Waals surface area contributed by atoms with E-state index < -0.39 is 11.8 Å². The van der Waals surface area contributed by atoms with Crippen molar-refractivity contribution in [1.29, 1.82) is 0 Å². The van der Waals surface area contributed by atoms with E-state index in [9.17, 15) is 9.59 Å². The number of halogens is 1. The molecule has 0 radical (unpaired) electrons. The van der Waals surface area contributed by atoms with Gasteiger partial charge in [-0.3, -0.25) is 20.4 Å². The lowest BCUT2D eigenvalue weighted by Crippen LogP contribution is -2.44. The molecule has 0 unspecified atom stereocenters. The fourth-order valence-electron chi connectivity index (χ4n) is 2.37. The van der Waals surface area contributed by atoms with E-state index in [1.54, 1.807) is 25.3 Å². The molecule has 7 nitrogen and oxygen atoms in total. The molecule has 0 spiro atoms. The maximum Gasteiger partial charge on any atom is 0.276 e. The first kappa shape index (κ1) is 21.7. The lowest BCUT2D eigenvalue weighted by molar-refractivity contribution is -0.123. The second-order valence-electron chi connectivity index (χ2n) is 6.04. The van der Waals surface area contributed by atoms with Gasteiger partial charge in [0.25, 0.3) is 11.8 Å². The van der Waals surface area contributed by atoms with Crippen molar-refractivity contribution < 1.29 is 23.8 Å². The summed E-state index contributed by atoms with van der Waals surface area (Å²) in [7, 11) is 1.56. The standard InChI is InChI=1S/C20H23BrN2O5/c1-13-4-6-17(14(2)10-13)28-12-19(24)22-23-20(25)16-11-15(21)5-7-18(16)27-9-8-26-3/h4-7,10-11H,8-9,12H2,1-3H3,(H,22,24)(H,23,25). The molecule has 0 aliphatic rings. The topological polar surface area (TPSA) is 85.9 Å². The van der Waals surface area contributed by atoms with Gasteiger partial charge in [0.1, 0.15) is 18.1 Å². The van der Waals surface area contributed by atoms with Crippen molar-refractivity contribution >= 4 is 27.7 Å². The number of benzene rings is 2. The van der Waals surface area contributed by atoms with Crippen molar-refractivity contribution in [2.45, 2.75) is 13.8 Å². The lowest BCUT2D eigenvalue weighted by atomic mass is 10.1. The molecule has 2 rings (SSSR count). The van der Waals surface area contributed by atoms with Crippen LogP contribution in [0.3, 0.4) is 0 Å². The highest BCUT2D eigenvalue weighted by Gasteiger charge is 2.15. The van der Waals surface area contributed by atoms with Crippen LogP contribution in [0, 0.1) is 13.8 Å². The third kappa shape index (κ3) is 6.54. The molecular weight excluding hydrogens is 428 g/mol. The van der Waals surface area contributed by atoms with E-state index in [2.05, 4.69) is 26.8 Å². The van der Waals surface area contributed by atoms with Crippen LogP contribution >= 0.6 is 15.9 Å². The van der Waals surface area contributed by atoms with Crippen LogP contribution in [0.1, 0.15) is 21.5 Å². The zero-order valence-corrected chi connectivity index (χ0v) is 17.6. The maximum atomic E-state index is 12.4. The Hall–Kier alpha value is -2.58. The molecular formula is C20H23BrN2O5. The number of carbonyl (C=O) groups excluding carboxylic acids is 2. The number of aryl methyl sites for hydroxylation is 2. The first-order valence-electron chi connectivity index (χ1n) is 8.61. The second-order valence-corrected chi connectivity index (χ2v) is 6.96. The number of rotatable bonds is 8. The van der Waals surface area contributed by atoms with Crippen LogP contribution in [0.15, 0.2) is 40.9 Å². The van der Waals surface area contributed by atoms with Crippen LogP contribution in [0.2, 0.25) is 0 Å². The quantitative estimate of drug-likeness (QED) is 0.476. The number of carbonyl (C=O) groups is 2. The van der Waals surface area contributed by atoms with E-state index in [0.717, 1.165) is 11.1 Å². The Morgan fingerprint density at radius 3 is 2.43 bits per heavy atom. The molecule has 150 valence electrons. The van der Waals surface area contributed by atoms with E-state index in [1.165, 1.54) is 0 Å². The molecule has 0 atom stereocenters. The first-order valence-corrected chi connectivity index (χ1v) is 9.40. The first-order chi connectivity index (χ1) is 13.4. The molecule has 0 fully saturated rings. The summed E-state index contributed by atoms with van der Waals surface area (Å²) in [5, 5.41) is 0. The van der Waals surface area contributed by atoms with E-state index in [4.69, 9.17) is 14.2 Å². The Morgan fingerprint density at radius 1 is 0.964 bits per heavy atom. The maximum absolute atomic E-state index is 12.4. The van der Waals surface area contributed by atoms with Crippen LogP contribution in [0.25, 0.3) is 0 Å². The monoisotopic (exact) mass is 450 g/mol. The average molecular weight is 451 g/mol. The van der Waals surface area contributed by atoms with Gasteiger partial charge in [-0.1, -0.05) is 33.6 Å². The van der Waals surface area contributed by atoms with Gasteiger partial charge in [0, 0.05) is 11.6 Å². The Bertz CT molecular complexity index is 841. The van der Waals surface area contributed by atoms with Gasteiger partial charge >= 0.3 is 0 Å². The zero-order valence-electron chi connectivity index (χ0n) is 16.0. The molecule has 2 aromatic carbocycles. The zero-order chi connectivity index (χ0) is 20.5. The average Bonchev–Trinajstić information content (AvgIpc) is 2.66. The van der Waals surface area contributed by atoms with Crippen LogP contribution in [-0.2, 0) is 9.53 Å². The van der Waals surface area contributed by atoms with Crippen molar-refractivity contribution in [2.75, 3.05) is 26.9 Å². The van der Waals surface area contributed by atoms with Crippen molar-refractivity contribution in [3.05, 3.63) is 57.6 Å². The second kappa shape index (κ2) is 10.7. The molecule has 2 aromatic rings. The highest BCUT2D eigenvalue weighted by molar-refractivity contribution is 9.10. The molecule has 0 saturated heterocycles. The summed E-state index contributed by atoms with van der Waals surface area (Å²) in [4.78, 5) is 24.4. The fourth-order valence-corrected chi connectivity index (χ4v) is 2.74. The fraction of sp³-hybridized carbons (Fsp3) is 0.300. The van der Waals surface area contributed by atoms with Gasteiger partial charge in [-0.25, -0.2) is 0 Å². The Balaban J connectivity index is 1.90. The number of hydrogen-bond acceptors (Lipinski definition) is 5. The predicted octanol–water partition coefficient (Wildman–Crippen LogP) is 2.93. The van der Waals surface area contributed by atoms with E-state index in [1.807, 2.05) is 32.0 Å². The summed E-state index contributed by atoms with van der Waals surface area (Å²) in [6, 6.07) is 10.7. The molecule has 2 amide bonds. The number of hydrazine groups is 1. The van der Waals surface area contributed by atoms with E-state index in [-0.39, 0.29) is 12.2 Å². The van der Waals surface area contributed by atoms with E-state index >= 15 is 0 Å². The number of amides is 2. The highest BCUT2D eigenvalue weighted by Crippen LogP contribution is 2.23. The minimum Gasteiger partial charge on any atom is -0.490 e. The van der Waals surface area contributed by atoms with Crippen molar-refractivity contribution in [2.24, 2.45) is 0 Å². The minimum absolute atomic E-state index is 0.222. The van der Waals surface area contributed by atoms with Crippen LogP contribution in [0.5, 0.6) is 11.5 Å². The number of nitrogens with one attached hydrogen (secondary N) is 2. The highest BCUT2D eigenvalue weighted by atomic mass is 79.9. The number of methoxy groups -OCH3 is 1. The smallest absolute Gasteiger partial charge is 0.276 e. The van der Waals surface area contributed by atoms with Crippen molar-refractivity contribution in [1.82, 2.24) is 10.9 Å². The third-order valence-corrected chi connectivity index (χ3v) is 4.23.